The minimum atomic E-state index is 0. The molecule has 0 spiro atoms. The molecule has 2 fully saturated rings. The van der Waals surface area contributed by atoms with Crippen molar-refractivity contribution in [1.82, 2.24) is 10.2 Å². The van der Waals surface area contributed by atoms with Crippen LogP contribution in [-0.2, 0) is 4.79 Å². The Hall–Kier alpha value is -0.970. The Balaban J connectivity index is 0.00000161. The van der Waals surface area contributed by atoms with Gasteiger partial charge < -0.3 is 15.0 Å². The topological polar surface area (TPSA) is 41.6 Å². The van der Waals surface area contributed by atoms with Crippen molar-refractivity contribution in [2.45, 2.75) is 18.9 Å². The highest BCUT2D eigenvalue weighted by atomic mass is 35.5. The predicted molar refractivity (Wildman–Crippen MR) is 85.3 cm³/mol. The van der Waals surface area contributed by atoms with E-state index in [4.69, 9.17) is 16.3 Å². The van der Waals surface area contributed by atoms with Crippen LogP contribution >= 0.6 is 24.0 Å². The molecule has 0 saturated carbocycles. The van der Waals surface area contributed by atoms with Crippen LogP contribution in [0.3, 0.4) is 0 Å². The highest BCUT2D eigenvalue weighted by Crippen LogP contribution is 2.27. The Morgan fingerprint density at radius 3 is 2.48 bits per heavy atom. The number of halogens is 2. The van der Waals surface area contributed by atoms with E-state index in [1.54, 1.807) is 0 Å². The minimum Gasteiger partial charge on any atom is -0.489 e. The molecule has 2 aliphatic rings. The zero-order valence-electron chi connectivity index (χ0n) is 11.8. The number of nitrogens with one attached hydrogen (secondary N) is 1. The number of piperidine rings is 1. The SMILES string of the molecule is Cl.O=C(C1CNC1)N1CCC(Oc2ccccc2Cl)CC1. The summed E-state index contributed by atoms with van der Waals surface area (Å²) in [5.41, 5.74) is 0. The smallest absolute Gasteiger partial charge is 0.228 e. The van der Waals surface area contributed by atoms with Crippen LogP contribution in [0.2, 0.25) is 5.02 Å². The molecule has 21 heavy (non-hydrogen) atoms. The fraction of sp³-hybridized carbons (Fsp3) is 0.533. The predicted octanol–water partition coefficient (Wildman–Crippen LogP) is 2.35. The molecule has 1 aromatic rings. The Morgan fingerprint density at radius 2 is 1.90 bits per heavy atom. The quantitative estimate of drug-likeness (QED) is 0.924. The van der Waals surface area contributed by atoms with Crippen molar-refractivity contribution >= 4 is 29.9 Å². The monoisotopic (exact) mass is 330 g/mol. The number of hydrogen-bond acceptors (Lipinski definition) is 3. The second kappa shape index (κ2) is 7.34. The lowest BCUT2D eigenvalue weighted by Crippen LogP contribution is -2.54. The number of ether oxygens (including phenoxy) is 1. The molecule has 2 saturated heterocycles. The summed E-state index contributed by atoms with van der Waals surface area (Å²) in [4.78, 5) is 14.1. The van der Waals surface area contributed by atoms with Crippen LogP contribution in [-0.4, -0.2) is 43.1 Å². The average Bonchev–Trinajstić information content (AvgIpc) is 2.40. The second-order valence-electron chi connectivity index (χ2n) is 5.43. The number of rotatable bonds is 3. The largest absolute Gasteiger partial charge is 0.489 e. The molecule has 0 bridgehead atoms. The summed E-state index contributed by atoms with van der Waals surface area (Å²) in [6.07, 6.45) is 1.90. The first-order valence-electron chi connectivity index (χ1n) is 7.15. The molecule has 2 aliphatic heterocycles. The zero-order chi connectivity index (χ0) is 13.9. The van der Waals surface area contributed by atoms with Gasteiger partial charge in [-0.05, 0) is 12.1 Å². The molecule has 3 rings (SSSR count). The van der Waals surface area contributed by atoms with Crippen molar-refractivity contribution in [2.75, 3.05) is 26.2 Å². The number of para-hydroxylation sites is 1. The molecule has 6 heteroatoms. The Bertz CT molecular complexity index is 486. The lowest BCUT2D eigenvalue weighted by molar-refractivity contribution is -0.138. The first kappa shape index (κ1) is 16.4. The van der Waals surface area contributed by atoms with Crippen LogP contribution in [0.1, 0.15) is 12.8 Å². The van der Waals surface area contributed by atoms with Crippen LogP contribution in [0, 0.1) is 5.92 Å². The summed E-state index contributed by atoms with van der Waals surface area (Å²) in [7, 11) is 0. The van der Waals surface area contributed by atoms with E-state index in [0.29, 0.717) is 10.9 Å². The number of benzene rings is 1. The number of likely N-dealkylation sites (tertiary alicyclic amines) is 1. The van der Waals surface area contributed by atoms with Gasteiger partial charge in [0.1, 0.15) is 11.9 Å². The van der Waals surface area contributed by atoms with E-state index < -0.39 is 0 Å². The van der Waals surface area contributed by atoms with Crippen LogP contribution in [0.15, 0.2) is 24.3 Å². The maximum atomic E-state index is 12.1. The van der Waals surface area contributed by atoms with Gasteiger partial charge in [-0.1, -0.05) is 23.7 Å². The summed E-state index contributed by atoms with van der Waals surface area (Å²) in [5.74, 6) is 1.22. The van der Waals surface area contributed by atoms with Gasteiger partial charge in [-0.3, -0.25) is 4.79 Å². The van der Waals surface area contributed by atoms with Crippen molar-refractivity contribution in [1.29, 1.82) is 0 Å². The lowest BCUT2D eigenvalue weighted by atomic mass is 9.99. The van der Waals surface area contributed by atoms with Gasteiger partial charge in [0, 0.05) is 39.0 Å². The van der Waals surface area contributed by atoms with E-state index in [-0.39, 0.29) is 24.4 Å². The lowest BCUT2D eigenvalue weighted by Gasteiger charge is -2.37. The number of carbonyl (C=O) groups is 1. The third-order valence-corrected chi connectivity index (χ3v) is 4.33. The van der Waals surface area contributed by atoms with Gasteiger partial charge in [-0.15, -0.1) is 12.4 Å². The van der Waals surface area contributed by atoms with Crippen molar-refractivity contribution in [3.05, 3.63) is 29.3 Å². The van der Waals surface area contributed by atoms with Gasteiger partial charge in [0.15, 0.2) is 0 Å². The normalized spacial score (nSPS) is 19.6. The van der Waals surface area contributed by atoms with Crippen LogP contribution < -0.4 is 10.1 Å². The van der Waals surface area contributed by atoms with Crippen molar-refractivity contribution < 1.29 is 9.53 Å². The van der Waals surface area contributed by atoms with Gasteiger partial charge in [-0.25, -0.2) is 0 Å². The van der Waals surface area contributed by atoms with Gasteiger partial charge >= 0.3 is 0 Å². The van der Waals surface area contributed by atoms with Gasteiger partial charge in [-0.2, -0.15) is 0 Å². The Labute approximate surface area is 136 Å². The third kappa shape index (κ3) is 3.82. The molecule has 1 amide bonds. The molecule has 0 radical (unpaired) electrons. The molecule has 1 N–H and O–H groups in total. The number of hydrogen-bond donors (Lipinski definition) is 1. The number of amides is 1. The molecule has 1 aromatic carbocycles. The van der Waals surface area contributed by atoms with Crippen molar-refractivity contribution in [3.8, 4) is 5.75 Å². The maximum Gasteiger partial charge on any atom is 0.228 e. The fourth-order valence-corrected chi connectivity index (χ4v) is 2.82. The fourth-order valence-electron chi connectivity index (χ4n) is 2.64. The van der Waals surface area contributed by atoms with Gasteiger partial charge in [0.25, 0.3) is 0 Å². The summed E-state index contributed by atoms with van der Waals surface area (Å²) < 4.78 is 5.93. The van der Waals surface area contributed by atoms with E-state index >= 15 is 0 Å². The molecule has 116 valence electrons. The first-order valence-corrected chi connectivity index (χ1v) is 7.52. The standard InChI is InChI=1S/C15H19ClN2O2.ClH/c16-13-3-1-2-4-14(13)20-12-5-7-18(8-6-12)15(19)11-9-17-10-11;/h1-4,11-12,17H,5-10H2;1H. The van der Waals surface area contributed by atoms with Crippen LogP contribution in [0.5, 0.6) is 5.75 Å². The second-order valence-corrected chi connectivity index (χ2v) is 5.84. The molecule has 0 aliphatic carbocycles. The van der Waals surface area contributed by atoms with Crippen LogP contribution in [0.4, 0.5) is 0 Å². The van der Waals surface area contributed by atoms with E-state index in [9.17, 15) is 4.79 Å². The molecule has 0 aromatic heterocycles. The van der Waals surface area contributed by atoms with Gasteiger partial charge in [0.2, 0.25) is 5.91 Å². The highest BCUT2D eigenvalue weighted by Gasteiger charge is 2.32. The van der Waals surface area contributed by atoms with Crippen LogP contribution in [0.25, 0.3) is 0 Å². The van der Waals surface area contributed by atoms with E-state index in [1.165, 1.54) is 0 Å². The Kier molecular flexibility index (Phi) is 5.73. The van der Waals surface area contributed by atoms with E-state index in [1.807, 2.05) is 29.2 Å². The molecule has 4 nitrogen and oxygen atoms in total. The van der Waals surface area contributed by atoms with Crippen molar-refractivity contribution in [3.63, 3.8) is 0 Å². The summed E-state index contributed by atoms with van der Waals surface area (Å²) in [5, 5.41) is 3.79. The molecular formula is C15H20Cl2N2O2. The molecule has 2 heterocycles. The van der Waals surface area contributed by atoms with E-state index in [2.05, 4.69) is 5.32 Å². The van der Waals surface area contributed by atoms with Crippen molar-refractivity contribution in [2.24, 2.45) is 5.92 Å². The summed E-state index contributed by atoms with van der Waals surface area (Å²) in [6.45, 7) is 3.22. The maximum absolute atomic E-state index is 12.1. The van der Waals surface area contributed by atoms with E-state index in [0.717, 1.165) is 44.8 Å². The Morgan fingerprint density at radius 1 is 1.24 bits per heavy atom. The van der Waals surface area contributed by atoms with Gasteiger partial charge in [0.05, 0.1) is 10.9 Å². The highest BCUT2D eigenvalue weighted by molar-refractivity contribution is 6.32. The average molecular weight is 331 g/mol. The molecular weight excluding hydrogens is 311 g/mol. The number of nitrogens with zero attached hydrogens (tertiary/aromatic N) is 1. The summed E-state index contributed by atoms with van der Waals surface area (Å²) in [6, 6.07) is 7.53. The molecule has 0 unspecified atom stereocenters. The third-order valence-electron chi connectivity index (χ3n) is 4.01. The minimum absolute atomic E-state index is 0. The number of carbonyl (C=O) groups excluding carboxylic acids is 1. The zero-order valence-corrected chi connectivity index (χ0v) is 13.3. The summed E-state index contributed by atoms with van der Waals surface area (Å²) >= 11 is 6.09. The first-order chi connectivity index (χ1) is 9.74. The molecule has 0 atom stereocenters.